The molecule has 0 aliphatic heterocycles. The highest BCUT2D eigenvalue weighted by Crippen LogP contribution is 2.32. The van der Waals surface area contributed by atoms with Crippen molar-refractivity contribution in [3.63, 3.8) is 0 Å². The third-order valence-corrected chi connectivity index (χ3v) is 3.57. The van der Waals surface area contributed by atoms with Gasteiger partial charge in [-0.3, -0.25) is 0 Å². The molecule has 0 bridgehead atoms. The largest absolute Gasteiger partial charge is 0.465 e. The quantitative estimate of drug-likeness (QED) is 0.672. The Morgan fingerprint density at radius 2 is 1.80 bits per heavy atom. The molecular formula is C15H13NO4. The van der Waals surface area contributed by atoms with Gasteiger partial charge in [-0.15, -0.1) is 0 Å². The second-order valence-electron chi connectivity index (χ2n) is 4.56. The van der Waals surface area contributed by atoms with E-state index < -0.39 is 11.9 Å². The Morgan fingerprint density at radius 1 is 1.10 bits per heavy atom. The number of rotatable bonds is 2. The SMILES string of the molecule is COC(=O)c1c(C)c2c(C(=O)OC)cc3cccc1n32. The van der Waals surface area contributed by atoms with Gasteiger partial charge in [0.25, 0.3) is 0 Å². The predicted molar refractivity (Wildman–Crippen MR) is 73.5 cm³/mol. The topological polar surface area (TPSA) is 57.0 Å². The molecule has 0 saturated heterocycles. The van der Waals surface area contributed by atoms with Crippen molar-refractivity contribution < 1.29 is 19.1 Å². The van der Waals surface area contributed by atoms with Crippen molar-refractivity contribution in [2.75, 3.05) is 14.2 Å². The molecule has 0 aliphatic carbocycles. The number of nitrogens with zero attached hydrogens (tertiary/aromatic N) is 1. The average Bonchev–Trinajstić information content (AvgIpc) is 2.99. The molecule has 5 nitrogen and oxygen atoms in total. The second-order valence-corrected chi connectivity index (χ2v) is 4.56. The molecule has 0 radical (unpaired) electrons. The van der Waals surface area contributed by atoms with Crippen molar-refractivity contribution in [3.05, 3.63) is 41.0 Å². The minimum absolute atomic E-state index is 0.408. The summed E-state index contributed by atoms with van der Waals surface area (Å²) >= 11 is 0. The molecule has 3 heterocycles. The Balaban J connectivity index is 2.48. The zero-order valence-electron chi connectivity index (χ0n) is 11.4. The number of carbonyl (C=O) groups is 2. The molecule has 0 unspecified atom stereocenters. The predicted octanol–water partition coefficient (Wildman–Crippen LogP) is 2.41. The van der Waals surface area contributed by atoms with Crippen molar-refractivity contribution in [2.24, 2.45) is 0 Å². The molecule has 0 N–H and O–H groups in total. The number of hydrogen-bond donors (Lipinski definition) is 0. The summed E-state index contributed by atoms with van der Waals surface area (Å²) in [5.41, 5.74) is 3.93. The Hall–Kier alpha value is -2.56. The molecule has 0 fully saturated rings. The fourth-order valence-electron chi connectivity index (χ4n) is 2.73. The third-order valence-electron chi connectivity index (χ3n) is 3.57. The highest BCUT2D eigenvalue weighted by Gasteiger charge is 2.25. The first kappa shape index (κ1) is 12.5. The van der Waals surface area contributed by atoms with Gasteiger partial charge in [0.2, 0.25) is 0 Å². The van der Waals surface area contributed by atoms with Gasteiger partial charge < -0.3 is 13.9 Å². The van der Waals surface area contributed by atoms with Crippen molar-refractivity contribution in [1.82, 2.24) is 4.40 Å². The summed E-state index contributed by atoms with van der Waals surface area (Å²) in [5, 5.41) is 0. The minimum atomic E-state index is -0.417. The van der Waals surface area contributed by atoms with Crippen LogP contribution in [0.2, 0.25) is 0 Å². The lowest BCUT2D eigenvalue weighted by molar-refractivity contribution is 0.0592. The van der Waals surface area contributed by atoms with Gasteiger partial charge >= 0.3 is 11.9 Å². The highest BCUT2D eigenvalue weighted by atomic mass is 16.5. The number of methoxy groups -OCH3 is 2. The first-order valence-electron chi connectivity index (χ1n) is 6.13. The average molecular weight is 271 g/mol. The van der Waals surface area contributed by atoms with Gasteiger partial charge in [-0.2, -0.15) is 0 Å². The molecule has 102 valence electrons. The standard InChI is InChI=1S/C15H13NO4/c1-8-12(15(18)20-3)11-6-4-5-9-7-10(14(17)19-2)13(8)16(9)11/h4-7H,1-3H3. The molecule has 20 heavy (non-hydrogen) atoms. The van der Waals surface area contributed by atoms with Crippen LogP contribution in [0.1, 0.15) is 26.3 Å². The normalized spacial score (nSPS) is 11.2. The van der Waals surface area contributed by atoms with Crippen LogP contribution in [0.3, 0.4) is 0 Å². The van der Waals surface area contributed by atoms with E-state index in [4.69, 9.17) is 9.47 Å². The number of pyridine rings is 1. The smallest absolute Gasteiger partial charge is 0.340 e. The van der Waals surface area contributed by atoms with Crippen molar-refractivity contribution in [3.8, 4) is 0 Å². The van der Waals surface area contributed by atoms with E-state index in [-0.39, 0.29) is 0 Å². The summed E-state index contributed by atoms with van der Waals surface area (Å²) in [7, 11) is 2.69. The van der Waals surface area contributed by atoms with Gasteiger partial charge in [0.15, 0.2) is 0 Å². The third kappa shape index (κ3) is 1.43. The van der Waals surface area contributed by atoms with Gasteiger partial charge in [-0.05, 0) is 30.7 Å². The fraction of sp³-hybridized carbons (Fsp3) is 0.200. The number of carbonyl (C=O) groups excluding carboxylic acids is 2. The van der Waals surface area contributed by atoms with Crippen LogP contribution in [0.25, 0.3) is 16.6 Å². The summed E-state index contributed by atoms with van der Waals surface area (Å²) in [6, 6.07) is 7.33. The Kier molecular flexibility index (Phi) is 2.64. The summed E-state index contributed by atoms with van der Waals surface area (Å²) < 4.78 is 11.5. The van der Waals surface area contributed by atoms with Crippen LogP contribution in [0.5, 0.6) is 0 Å². The summed E-state index contributed by atoms with van der Waals surface area (Å²) in [6.07, 6.45) is 0. The Labute approximate surface area is 115 Å². The van der Waals surface area contributed by atoms with Crippen LogP contribution in [-0.4, -0.2) is 30.6 Å². The summed E-state index contributed by atoms with van der Waals surface area (Å²) in [5.74, 6) is -0.824. The Bertz CT molecular complexity index is 831. The molecule has 5 heteroatoms. The van der Waals surface area contributed by atoms with Gasteiger partial charge in [0, 0.05) is 5.52 Å². The van der Waals surface area contributed by atoms with E-state index >= 15 is 0 Å². The maximum absolute atomic E-state index is 12.0. The molecule has 0 atom stereocenters. The van der Waals surface area contributed by atoms with E-state index in [2.05, 4.69) is 0 Å². The lowest BCUT2D eigenvalue weighted by atomic mass is 10.1. The van der Waals surface area contributed by atoms with Gasteiger partial charge in [0.05, 0.1) is 36.4 Å². The van der Waals surface area contributed by atoms with Crippen LogP contribution in [0.15, 0.2) is 24.3 Å². The summed E-state index contributed by atoms with van der Waals surface area (Å²) in [6.45, 7) is 1.81. The monoisotopic (exact) mass is 271 g/mol. The molecule has 0 aliphatic rings. The number of esters is 2. The van der Waals surface area contributed by atoms with Crippen LogP contribution in [0.4, 0.5) is 0 Å². The highest BCUT2D eigenvalue weighted by molar-refractivity contribution is 6.09. The van der Waals surface area contributed by atoms with E-state index in [0.717, 1.165) is 16.6 Å². The lowest BCUT2D eigenvalue weighted by Gasteiger charge is -2.00. The summed E-state index contributed by atoms with van der Waals surface area (Å²) in [4.78, 5) is 23.9. The lowest BCUT2D eigenvalue weighted by Crippen LogP contribution is -2.03. The molecular weight excluding hydrogens is 258 g/mol. The number of aromatic nitrogens is 1. The zero-order chi connectivity index (χ0) is 14.4. The number of hydrogen-bond acceptors (Lipinski definition) is 4. The maximum atomic E-state index is 12.0. The molecule has 3 aromatic heterocycles. The fourth-order valence-corrected chi connectivity index (χ4v) is 2.73. The van der Waals surface area contributed by atoms with Gasteiger partial charge in [0.1, 0.15) is 0 Å². The second kappa shape index (κ2) is 4.23. The molecule has 0 spiro atoms. The minimum Gasteiger partial charge on any atom is -0.465 e. The molecule has 0 amide bonds. The van der Waals surface area contributed by atoms with E-state index in [1.807, 2.05) is 22.6 Å². The van der Waals surface area contributed by atoms with Crippen LogP contribution in [0, 0.1) is 6.92 Å². The number of aryl methyl sites for hydroxylation is 1. The van der Waals surface area contributed by atoms with Gasteiger partial charge in [-0.25, -0.2) is 9.59 Å². The van der Waals surface area contributed by atoms with Crippen LogP contribution < -0.4 is 0 Å². The molecule has 3 aromatic rings. The van der Waals surface area contributed by atoms with Crippen molar-refractivity contribution in [1.29, 1.82) is 0 Å². The zero-order valence-corrected chi connectivity index (χ0v) is 11.4. The maximum Gasteiger partial charge on any atom is 0.340 e. The van der Waals surface area contributed by atoms with Crippen molar-refractivity contribution in [2.45, 2.75) is 6.92 Å². The van der Waals surface area contributed by atoms with Gasteiger partial charge in [-0.1, -0.05) is 6.07 Å². The molecule has 0 aromatic carbocycles. The van der Waals surface area contributed by atoms with Crippen molar-refractivity contribution >= 4 is 28.5 Å². The molecule has 3 rings (SSSR count). The number of ether oxygens (including phenoxy) is 2. The first-order chi connectivity index (χ1) is 9.60. The van der Waals surface area contributed by atoms with Crippen LogP contribution in [-0.2, 0) is 9.47 Å². The first-order valence-corrected chi connectivity index (χ1v) is 6.13. The van der Waals surface area contributed by atoms with E-state index in [9.17, 15) is 9.59 Å². The Morgan fingerprint density at radius 3 is 2.45 bits per heavy atom. The van der Waals surface area contributed by atoms with E-state index in [1.165, 1.54) is 14.2 Å². The van der Waals surface area contributed by atoms with E-state index in [1.54, 1.807) is 13.0 Å². The van der Waals surface area contributed by atoms with E-state index in [0.29, 0.717) is 16.6 Å². The molecule has 0 saturated carbocycles. The van der Waals surface area contributed by atoms with Crippen LogP contribution >= 0.6 is 0 Å².